The van der Waals surface area contributed by atoms with E-state index in [0.29, 0.717) is 16.2 Å². The van der Waals surface area contributed by atoms with Crippen LogP contribution in [0.3, 0.4) is 0 Å². The molecule has 0 heterocycles. The van der Waals surface area contributed by atoms with E-state index in [1.54, 1.807) is 12.1 Å². The summed E-state index contributed by atoms with van der Waals surface area (Å²) in [5, 5.41) is 9.91. The first-order valence-electron chi connectivity index (χ1n) is 8.59. The van der Waals surface area contributed by atoms with Gasteiger partial charge in [-0.05, 0) is 53.6 Å². The topological polar surface area (TPSA) is 76.4 Å². The third kappa shape index (κ3) is 4.95. The van der Waals surface area contributed by atoms with Crippen molar-refractivity contribution in [2.24, 2.45) is 0 Å². The molecule has 3 aromatic carbocycles. The number of hydrogen-bond acceptors (Lipinski definition) is 5. The number of hydrogen-bond donors (Lipinski definition) is 0. The second-order valence-electron chi connectivity index (χ2n) is 6.06. The van der Waals surface area contributed by atoms with Crippen molar-refractivity contribution >= 4 is 45.0 Å². The highest BCUT2D eigenvalue weighted by Gasteiger charge is 2.22. The van der Waals surface area contributed by atoms with Crippen LogP contribution in [-0.4, -0.2) is 15.5 Å². The fraction of sp³-hybridized carbons (Fsp3) is 0.0455. The van der Waals surface area contributed by atoms with E-state index in [1.807, 2.05) is 30.3 Å². The minimum atomic E-state index is -4.16. The zero-order valence-electron chi connectivity index (χ0n) is 15.7. The van der Waals surface area contributed by atoms with Crippen molar-refractivity contribution < 1.29 is 17.3 Å². The van der Waals surface area contributed by atoms with Crippen LogP contribution in [-0.2, 0) is 10.1 Å². The normalized spacial score (nSPS) is 11.6. The fourth-order valence-electron chi connectivity index (χ4n) is 2.63. The molecule has 0 aromatic heterocycles. The highest BCUT2D eigenvalue weighted by Crippen LogP contribution is 2.39. The number of allylic oxidation sites excluding steroid dienone is 1. The van der Waals surface area contributed by atoms with Gasteiger partial charge >= 0.3 is 10.1 Å². The third-order valence-electron chi connectivity index (χ3n) is 4.06. The first-order chi connectivity index (χ1) is 14.3. The Kier molecular flexibility index (Phi) is 6.68. The Morgan fingerprint density at radius 2 is 1.70 bits per heavy atom. The van der Waals surface area contributed by atoms with E-state index in [9.17, 15) is 13.7 Å². The first-order valence-corrected chi connectivity index (χ1v) is 10.8. The van der Waals surface area contributed by atoms with E-state index < -0.39 is 10.1 Å². The molecule has 0 aliphatic heterocycles. The number of methoxy groups -OCH3 is 1. The molecule has 3 aromatic rings. The molecular weight excluding hydrogens is 445 g/mol. The Labute approximate surface area is 184 Å². The third-order valence-corrected chi connectivity index (χ3v) is 5.83. The maximum Gasteiger partial charge on any atom is 0.339 e. The number of nitriles is 1. The largest absolute Gasteiger partial charge is 0.493 e. The zero-order chi connectivity index (χ0) is 21.7. The van der Waals surface area contributed by atoms with Crippen LogP contribution in [0.4, 0.5) is 0 Å². The molecule has 3 rings (SSSR count). The van der Waals surface area contributed by atoms with Crippen molar-refractivity contribution in [3.63, 3.8) is 0 Å². The fourth-order valence-corrected chi connectivity index (χ4v) is 4.01. The average molecular weight is 460 g/mol. The maximum atomic E-state index is 12.6. The molecular formula is C22H15Cl2NO4S. The Balaban J connectivity index is 2.00. The predicted molar refractivity (Wildman–Crippen MR) is 117 cm³/mol. The number of benzene rings is 3. The molecule has 30 heavy (non-hydrogen) atoms. The van der Waals surface area contributed by atoms with E-state index in [-0.39, 0.29) is 21.4 Å². The van der Waals surface area contributed by atoms with Gasteiger partial charge in [0, 0.05) is 5.02 Å². The van der Waals surface area contributed by atoms with Gasteiger partial charge in [0.05, 0.1) is 23.8 Å². The number of nitrogens with zero attached hydrogens (tertiary/aromatic N) is 1. The van der Waals surface area contributed by atoms with Gasteiger partial charge < -0.3 is 8.92 Å². The monoisotopic (exact) mass is 459 g/mol. The molecule has 0 spiro atoms. The summed E-state index contributed by atoms with van der Waals surface area (Å²) in [4.78, 5) is -0.0789. The van der Waals surface area contributed by atoms with Gasteiger partial charge in [-0.25, -0.2) is 0 Å². The molecule has 0 aliphatic rings. The molecule has 152 valence electrons. The van der Waals surface area contributed by atoms with Gasteiger partial charge in [-0.1, -0.05) is 53.5 Å². The minimum Gasteiger partial charge on any atom is -0.493 e. The molecule has 0 amide bonds. The number of halogens is 2. The summed E-state index contributed by atoms with van der Waals surface area (Å²) >= 11 is 12.1. The molecule has 0 saturated heterocycles. The van der Waals surface area contributed by atoms with Crippen molar-refractivity contribution in [3.05, 3.63) is 87.9 Å². The lowest BCUT2D eigenvalue weighted by Crippen LogP contribution is -2.10. The second kappa shape index (κ2) is 9.23. The Bertz CT molecular complexity index is 1230. The Morgan fingerprint density at radius 3 is 2.30 bits per heavy atom. The SMILES string of the molecule is COc1cc(/C=C(\C#N)c2ccccc2)cc(Cl)c1OS(=O)(=O)c1ccc(Cl)cc1. The van der Waals surface area contributed by atoms with Crippen LogP contribution in [0.15, 0.2) is 71.6 Å². The van der Waals surface area contributed by atoms with Crippen LogP contribution in [0, 0.1) is 11.3 Å². The highest BCUT2D eigenvalue weighted by atomic mass is 35.5. The van der Waals surface area contributed by atoms with E-state index in [0.717, 1.165) is 5.56 Å². The lowest BCUT2D eigenvalue weighted by atomic mass is 10.0. The van der Waals surface area contributed by atoms with Crippen molar-refractivity contribution in [3.8, 4) is 17.6 Å². The van der Waals surface area contributed by atoms with Gasteiger partial charge in [0.1, 0.15) is 4.90 Å². The van der Waals surface area contributed by atoms with Gasteiger partial charge in [0.15, 0.2) is 5.75 Å². The summed E-state index contributed by atoms with van der Waals surface area (Å²) < 4.78 is 35.7. The molecule has 0 saturated carbocycles. The van der Waals surface area contributed by atoms with Crippen molar-refractivity contribution in [2.75, 3.05) is 7.11 Å². The summed E-state index contributed by atoms with van der Waals surface area (Å²) in [6.45, 7) is 0. The molecule has 0 radical (unpaired) electrons. The Morgan fingerprint density at radius 1 is 1.03 bits per heavy atom. The molecule has 5 nitrogen and oxygen atoms in total. The van der Waals surface area contributed by atoms with E-state index >= 15 is 0 Å². The quantitative estimate of drug-likeness (QED) is 0.263. The molecule has 0 unspecified atom stereocenters. The number of ether oxygens (including phenoxy) is 1. The molecule has 0 N–H and O–H groups in total. The van der Waals surface area contributed by atoms with Crippen LogP contribution in [0.2, 0.25) is 10.0 Å². The zero-order valence-corrected chi connectivity index (χ0v) is 18.0. The highest BCUT2D eigenvalue weighted by molar-refractivity contribution is 7.87. The summed E-state index contributed by atoms with van der Waals surface area (Å²) in [6.07, 6.45) is 1.63. The second-order valence-corrected chi connectivity index (χ2v) is 8.45. The smallest absolute Gasteiger partial charge is 0.339 e. The van der Waals surface area contributed by atoms with Crippen LogP contribution in [0.25, 0.3) is 11.6 Å². The average Bonchev–Trinajstić information content (AvgIpc) is 2.74. The van der Waals surface area contributed by atoms with Crippen LogP contribution in [0.1, 0.15) is 11.1 Å². The number of rotatable bonds is 6. The van der Waals surface area contributed by atoms with E-state index in [4.69, 9.17) is 32.1 Å². The molecule has 0 aliphatic carbocycles. The molecule has 8 heteroatoms. The van der Waals surface area contributed by atoms with Crippen LogP contribution >= 0.6 is 23.2 Å². The van der Waals surface area contributed by atoms with Gasteiger partial charge in [0.25, 0.3) is 0 Å². The van der Waals surface area contributed by atoms with Gasteiger partial charge in [-0.15, -0.1) is 0 Å². The van der Waals surface area contributed by atoms with Gasteiger partial charge in [-0.3, -0.25) is 0 Å². The lowest BCUT2D eigenvalue weighted by Gasteiger charge is -2.13. The molecule has 0 atom stereocenters. The predicted octanol–water partition coefficient (Wildman–Crippen LogP) is 5.83. The maximum absolute atomic E-state index is 12.6. The first kappa shape index (κ1) is 21.7. The van der Waals surface area contributed by atoms with Crippen molar-refractivity contribution in [2.45, 2.75) is 4.90 Å². The summed E-state index contributed by atoms with van der Waals surface area (Å²) in [6, 6.07) is 19.8. The lowest BCUT2D eigenvalue weighted by molar-refractivity contribution is 0.390. The molecule has 0 bridgehead atoms. The minimum absolute atomic E-state index is 0.0171. The van der Waals surface area contributed by atoms with Gasteiger partial charge in [-0.2, -0.15) is 13.7 Å². The Hall–Kier alpha value is -2.98. The van der Waals surface area contributed by atoms with Crippen LogP contribution in [0.5, 0.6) is 11.5 Å². The standard InChI is InChI=1S/C22H15Cl2NO4S/c1-28-21-13-15(11-17(14-25)16-5-3-2-4-6-16)12-20(24)22(21)29-30(26,27)19-9-7-18(23)8-10-19/h2-13H,1H3/b17-11+. The van der Waals surface area contributed by atoms with Crippen molar-refractivity contribution in [1.29, 1.82) is 5.26 Å². The van der Waals surface area contributed by atoms with Gasteiger partial charge in [0.2, 0.25) is 5.75 Å². The molecule has 0 fully saturated rings. The van der Waals surface area contributed by atoms with E-state index in [2.05, 4.69) is 6.07 Å². The van der Waals surface area contributed by atoms with Crippen molar-refractivity contribution in [1.82, 2.24) is 0 Å². The summed E-state index contributed by atoms with van der Waals surface area (Å²) in [5.74, 6) is -0.0406. The van der Waals surface area contributed by atoms with Crippen LogP contribution < -0.4 is 8.92 Å². The summed E-state index contributed by atoms with van der Waals surface area (Å²) in [7, 11) is -2.80. The van der Waals surface area contributed by atoms with E-state index in [1.165, 1.54) is 37.4 Å². The summed E-state index contributed by atoms with van der Waals surface area (Å²) in [5.41, 5.74) is 1.70.